The number of amides is 2. The molecular formula is C16H24N2O6. The summed E-state index contributed by atoms with van der Waals surface area (Å²) in [5, 5.41) is 19.8. The van der Waals surface area contributed by atoms with Gasteiger partial charge in [-0.05, 0) is 32.0 Å². The molecule has 0 aromatic heterocycles. The van der Waals surface area contributed by atoms with E-state index in [1.165, 1.54) is 6.07 Å². The number of benzene rings is 1. The van der Waals surface area contributed by atoms with Gasteiger partial charge in [0.25, 0.3) is 11.8 Å². The van der Waals surface area contributed by atoms with Crippen molar-refractivity contribution in [2.24, 2.45) is 0 Å². The minimum atomic E-state index is -0.403. The van der Waals surface area contributed by atoms with E-state index in [9.17, 15) is 9.59 Å². The van der Waals surface area contributed by atoms with E-state index in [1.54, 1.807) is 32.0 Å². The molecule has 0 heterocycles. The maximum Gasteiger partial charge on any atom is 0.277 e. The first-order valence-electron chi connectivity index (χ1n) is 7.80. The average Bonchev–Trinajstić information content (AvgIpc) is 2.62. The van der Waals surface area contributed by atoms with Gasteiger partial charge in [0.05, 0.1) is 26.4 Å². The summed E-state index contributed by atoms with van der Waals surface area (Å²) in [6.45, 7) is 3.71. The molecule has 0 aliphatic rings. The fourth-order valence-corrected chi connectivity index (χ4v) is 1.96. The smallest absolute Gasteiger partial charge is 0.277 e. The van der Waals surface area contributed by atoms with Crippen LogP contribution in [0.1, 0.15) is 34.6 Å². The van der Waals surface area contributed by atoms with Crippen molar-refractivity contribution in [2.75, 3.05) is 39.5 Å². The zero-order valence-corrected chi connectivity index (χ0v) is 14.0. The standard InChI is InChI=1S/C16H24N2O6/c1-3-17(23-10-8-19)15(21)13-6-5-7-14(12-13)16(22)18(4-2)24-11-9-20/h5-7,12,19-20H,3-4,8-11H2,1-2H3. The SMILES string of the molecule is CCN(OCCO)C(=O)c1cccc(C(=O)N(CC)OCCO)c1. The molecule has 0 unspecified atom stereocenters. The Morgan fingerprint density at radius 1 is 0.917 bits per heavy atom. The molecule has 2 amide bonds. The predicted molar refractivity (Wildman–Crippen MR) is 85.9 cm³/mol. The number of carbonyl (C=O) groups excluding carboxylic acids is 2. The minimum Gasteiger partial charge on any atom is -0.394 e. The Kier molecular flexibility index (Phi) is 8.95. The van der Waals surface area contributed by atoms with Gasteiger partial charge in [0.2, 0.25) is 0 Å². The Morgan fingerprint density at radius 2 is 1.33 bits per heavy atom. The first-order valence-corrected chi connectivity index (χ1v) is 7.80. The fourth-order valence-electron chi connectivity index (χ4n) is 1.96. The molecule has 134 valence electrons. The van der Waals surface area contributed by atoms with Crippen LogP contribution in [-0.2, 0) is 9.68 Å². The van der Waals surface area contributed by atoms with Crippen molar-refractivity contribution in [1.29, 1.82) is 0 Å². The number of aliphatic hydroxyl groups excluding tert-OH is 2. The molecule has 0 radical (unpaired) electrons. The van der Waals surface area contributed by atoms with E-state index in [-0.39, 0.29) is 26.4 Å². The van der Waals surface area contributed by atoms with Crippen molar-refractivity contribution >= 4 is 11.8 Å². The second kappa shape index (κ2) is 10.7. The fraction of sp³-hybridized carbons (Fsp3) is 0.500. The third-order valence-electron chi connectivity index (χ3n) is 3.06. The average molecular weight is 340 g/mol. The van der Waals surface area contributed by atoms with Gasteiger partial charge in [0, 0.05) is 24.2 Å². The van der Waals surface area contributed by atoms with Gasteiger partial charge >= 0.3 is 0 Å². The zero-order valence-electron chi connectivity index (χ0n) is 14.0. The van der Waals surface area contributed by atoms with Crippen LogP contribution in [0.2, 0.25) is 0 Å². The van der Waals surface area contributed by atoms with Crippen molar-refractivity contribution < 1.29 is 29.5 Å². The Labute approximate surface area is 141 Å². The summed E-state index contributed by atoms with van der Waals surface area (Å²) in [6, 6.07) is 6.21. The van der Waals surface area contributed by atoms with E-state index in [2.05, 4.69) is 0 Å². The van der Waals surface area contributed by atoms with Crippen LogP contribution in [-0.4, -0.2) is 71.7 Å². The summed E-state index contributed by atoms with van der Waals surface area (Å²) in [7, 11) is 0. The Balaban J connectivity index is 2.92. The molecule has 1 aromatic carbocycles. The first kappa shape index (κ1) is 20.0. The summed E-state index contributed by atoms with van der Waals surface area (Å²) in [4.78, 5) is 35.1. The Bertz CT molecular complexity index is 494. The third kappa shape index (κ3) is 5.57. The molecule has 0 aliphatic heterocycles. The maximum atomic E-state index is 12.4. The number of carbonyl (C=O) groups is 2. The number of rotatable bonds is 10. The van der Waals surface area contributed by atoms with Gasteiger partial charge in [0.15, 0.2) is 0 Å². The van der Waals surface area contributed by atoms with Crippen LogP contribution in [0.25, 0.3) is 0 Å². The number of nitrogens with zero attached hydrogens (tertiary/aromatic N) is 2. The van der Waals surface area contributed by atoms with Gasteiger partial charge in [-0.25, -0.2) is 10.1 Å². The third-order valence-corrected chi connectivity index (χ3v) is 3.06. The van der Waals surface area contributed by atoms with Gasteiger partial charge in [-0.2, -0.15) is 0 Å². The van der Waals surface area contributed by atoms with Crippen LogP contribution in [0.4, 0.5) is 0 Å². The van der Waals surface area contributed by atoms with Crippen molar-refractivity contribution in [1.82, 2.24) is 10.1 Å². The van der Waals surface area contributed by atoms with Crippen LogP contribution >= 0.6 is 0 Å². The molecule has 0 atom stereocenters. The van der Waals surface area contributed by atoms with Gasteiger partial charge in [-0.15, -0.1) is 0 Å². The summed E-state index contributed by atoms with van der Waals surface area (Å²) in [5.41, 5.74) is 0.581. The summed E-state index contributed by atoms with van der Waals surface area (Å²) >= 11 is 0. The van der Waals surface area contributed by atoms with Crippen molar-refractivity contribution in [2.45, 2.75) is 13.8 Å². The first-order chi connectivity index (χ1) is 11.6. The van der Waals surface area contributed by atoms with E-state index in [1.807, 2.05) is 0 Å². The molecule has 0 fully saturated rings. The lowest BCUT2D eigenvalue weighted by atomic mass is 10.1. The molecule has 2 N–H and O–H groups in total. The molecular weight excluding hydrogens is 316 g/mol. The summed E-state index contributed by atoms with van der Waals surface area (Å²) < 4.78 is 0. The minimum absolute atomic E-state index is 0.0107. The van der Waals surface area contributed by atoms with Crippen molar-refractivity contribution in [3.05, 3.63) is 35.4 Å². The molecule has 1 rings (SSSR count). The highest BCUT2D eigenvalue weighted by Crippen LogP contribution is 2.12. The Hall–Kier alpha value is -2.00. The number of aliphatic hydroxyl groups is 2. The van der Waals surface area contributed by atoms with E-state index < -0.39 is 11.8 Å². The normalized spacial score (nSPS) is 10.5. The molecule has 8 nitrogen and oxygen atoms in total. The van der Waals surface area contributed by atoms with Crippen molar-refractivity contribution in [3.63, 3.8) is 0 Å². The van der Waals surface area contributed by atoms with E-state index in [4.69, 9.17) is 19.9 Å². The van der Waals surface area contributed by atoms with Crippen LogP contribution < -0.4 is 0 Å². The van der Waals surface area contributed by atoms with Gasteiger partial charge in [-0.3, -0.25) is 19.3 Å². The lowest BCUT2D eigenvalue weighted by Gasteiger charge is -2.21. The zero-order chi connectivity index (χ0) is 17.9. The maximum absolute atomic E-state index is 12.4. The molecule has 8 heteroatoms. The molecule has 0 saturated carbocycles. The largest absolute Gasteiger partial charge is 0.394 e. The molecule has 0 aliphatic carbocycles. The van der Waals surface area contributed by atoms with E-state index >= 15 is 0 Å². The second-order valence-electron chi connectivity index (χ2n) is 4.69. The lowest BCUT2D eigenvalue weighted by Crippen LogP contribution is -2.33. The number of hydroxylamine groups is 4. The van der Waals surface area contributed by atoms with Crippen molar-refractivity contribution in [3.8, 4) is 0 Å². The van der Waals surface area contributed by atoms with Gasteiger partial charge in [-0.1, -0.05) is 6.07 Å². The quantitative estimate of drug-likeness (QED) is 0.600. The molecule has 0 spiro atoms. The van der Waals surface area contributed by atoms with E-state index in [0.717, 1.165) is 10.1 Å². The predicted octanol–water partition coefficient (Wildman–Crippen LogP) is 0.459. The lowest BCUT2D eigenvalue weighted by molar-refractivity contribution is -0.128. The molecule has 1 aromatic rings. The second-order valence-corrected chi connectivity index (χ2v) is 4.69. The van der Waals surface area contributed by atoms with E-state index in [0.29, 0.717) is 24.2 Å². The number of hydrogen-bond acceptors (Lipinski definition) is 6. The molecule has 0 saturated heterocycles. The number of hydrogen-bond donors (Lipinski definition) is 2. The molecule has 24 heavy (non-hydrogen) atoms. The van der Waals surface area contributed by atoms with Crippen LogP contribution in [0.15, 0.2) is 24.3 Å². The monoisotopic (exact) mass is 340 g/mol. The summed E-state index contributed by atoms with van der Waals surface area (Å²) in [6.07, 6.45) is 0. The van der Waals surface area contributed by atoms with Gasteiger partial charge < -0.3 is 10.2 Å². The highest BCUT2D eigenvalue weighted by Gasteiger charge is 2.19. The molecule has 0 bridgehead atoms. The van der Waals surface area contributed by atoms with Crippen LogP contribution in [0, 0.1) is 0 Å². The highest BCUT2D eigenvalue weighted by molar-refractivity contribution is 5.99. The highest BCUT2D eigenvalue weighted by atomic mass is 16.7. The van der Waals surface area contributed by atoms with Crippen LogP contribution in [0.5, 0.6) is 0 Å². The Morgan fingerprint density at radius 3 is 1.67 bits per heavy atom. The summed E-state index contributed by atoms with van der Waals surface area (Å²) in [5.74, 6) is -0.806. The van der Waals surface area contributed by atoms with Gasteiger partial charge in [0.1, 0.15) is 0 Å². The van der Waals surface area contributed by atoms with Crippen LogP contribution in [0.3, 0.4) is 0 Å². The topological polar surface area (TPSA) is 99.5 Å².